The van der Waals surface area contributed by atoms with Gasteiger partial charge in [-0.25, -0.2) is 9.40 Å². The van der Waals surface area contributed by atoms with Crippen LogP contribution in [0.25, 0.3) is 0 Å². The maximum atomic E-state index is 14.7. The predicted molar refractivity (Wildman–Crippen MR) is 119 cm³/mol. The first-order valence-electron chi connectivity index (χ1n) is 10.4. The van der Waals surface area contributed by atoms with Crippen LogP contribution >= 0.6 is 0 Å². The summed E-state index contributed by atoms with van der Waals surface area (Å²) in [7, 11) is 4.67. The molecule has 0 aromatic heterocycles. The monoisotopic (exact) mass is 441 g/mol. The molecular weight excluding hydrogens is 413 g/mol. The van der Waals surface area contributed by atoms with Gasteiger partial charge in [0.15, 0.2) is 0 Å². The number of carbonyl (C=O) groups is 2. The molecule has 1 unspecified atom stereocenters. The Hall–Kier alpha value is -3.42. The molecule has 170 valence electrons. The lowest BCUT2D eigenvalue weighted by molar-refractivity contribution is -0.142. The van der Waals surface area contributed by atoms with Crippen LogP contribution in [0.3, 0.4) is 0 Å². The van der Waals surface area contributed by atoms with E-state index in [1.807, 2.05) is 0 Å². The van der Waals surface area contributed by atoms with Crippen LogP contribution in [0.4, 0.5) is 4.39 Å². The van der Waals surface area contributed by atoms with E-state index >= 15 is 0 Å². The van der Waals surface area contributed by atoms with Gasteiger partial charge >= 0.3 is 0 Å². The van der Waals surface area contributed by atoms with Crippen molar-refractivity contribution >= 4 is 17.5 Å². The van der Waals surface area contributed by atoms with Crippen LogP contribution in [-0.4, -0.2) is 55.2 Å². The second kappa shape index (κ2) is 9.80. The van der Waals surface area contributed by atoms with Crippen molar-refractivity contribution in [3.05, 3.63) is 59.4 Å². The Morgan fingerprint density at radius 1 is 1.19 bits per heavy atom. The Labute approximate surface area is 187 Å². The molecule has 1 aliphatic heterocycles. The van der Waals surface area contributed by atoms with Gasteiger partial charge in [0, 0.05) is 36.6 Å². The molecule has 0 radical (unpaired) electrons. The predicted octanol–water partition coefficient (Wildman–Crippen LogP) is 3.64. The highest BCUT2D eigenvalue weighted by atomic mass is 19.1. The van der Waals surface area contributed by atoms with Crippen molar-refractivity contribution in [2.45, 2.75) is 26.3 Å². The van der Waals surface area contributed by atoms with Gasteiger partial charge in [-0.15, -0.1) is 0 Å². The fraction of sp³-hybridized carbons (Fsp3) is 0.375. The number of likely N-dealkylation sites (N-methyl/N-ethyl adjacent to an activating group) is 1. The van der Waals surface area contributed by atoms with Crippen LogP contribution in [0.15, 0.2) is 47.6 Å². The van der Waals surface area contributed by atoms with Gasteiger partial charge in [0.25, 0.3) is 5.91 Å². The van der Waals surface area contributed by atoms with E-state index in [0.717, 1.165) is 0 Å². The van der Waals surface area contributed by atoms with E-state index in [0.29, 0.717) is 34.8 Å². The lowest BCUT2D eigenvalue weighted by atomic mass is 9.97. The zero-order chi connectivity index (χ0) is 23.4. The Kier molecular flexibility index (Phi) is 7.12. The van der Waals surface area contributed by atoms with Gasteiger partial charge in [-0.05, 0) is 18.2 Å². The molecule has 8 heteroatoms. The average Bonchev–Trinajstić information content (AvgIpc) is 3.23. The summed E-state index contributed by atoms with van der Waals surface area (Å²) in [5.74, 6) is -0.0388. The molecule has 2 amide bonds. The van der Waals surface area contributed by atoms with Crippen LogP contribution in [0, 0.1) is 11.7 Å². The van der Waals surface area contributed by atoms with Gasteiger partial charge in [-0.3, -0.25) is 9.59 Å². The average molecular weight is 442 g/mol. The SMILES string of the molecule is COc1ccc(C2=NN(C(=O)CN(C)C(=O)C(C)C)C(c3ccccc3F)C2)c(OC)c1. The number of hydrogen-bond donors (Lipinski definition) is 0. The summed E-state index contributed by atoms with van der Waals surface area (Å²) in [6, 6.07) is 11.0. The summed E-state index contributed by atoms with van der Waals surface area (Å²) in [5.41, 5.74) is 1.64. The first-order chi connectivity index (χ1) is 15.3. The molecule has 0 fully saturated rings. The fourth-order valence-electron chi connectivity index (χ4n) is 3.72. The van der Waals surface area contributed by atoms with Crippen molar-refractivity contribution in [1.82, 2.24) is 9.91 Å². The summed E-state index contributed by atoms with van der Waals surface area (Å²) in [5, 5.41) is 5.83. The van der Waals surface area contributed by atoms with E-state index < -0.39 is 17.8 Å². The summed E-state index contributed by atoms with van der Waals surface area (Å²) < 4.78 is 25.4. The highest BCUT2D eigenvalue weighted by Crippen LogP contribution is 2.37. The highest BCUT2D eigenvalue weighted by Gasteiger charge is 2.36. The van der Waals surface area contributed by atoms with Crippen molar-refractivity contribution in [2.75, 3.05) is 27.8 Å². The molecule has 0 bridgehead atoms. The lowest BCUT2D eigenvalue weighted by Gasteiger charge is -2.25. The molecule has 0 saturated carbocycles. The normalized spacial score (nSPS) is 15.5. The number of nitrogens with zero attached hydrogens (tertiary/aromatic N) is 3. The van der Waals surface area contributed by atoms with Crippen molar-refractivity contribution in [3.63, 3.8) is 0 Å². The second-order valence-corrected chi connectivity index (χ2v) is 7.94. The topological polar surface area (TPSA) is 71.4 Å². The minimum absolute atomic E-state index is 0.152. The third-order valence-electron chi connectivity index (χ3n) is 5.39. The Bertz CT molecular complexity index is 1040. The van der Waals surface area contributed by atoms with Crippen molar-refractivity contribution < 1.29 is 23.5 Å². The molecular formula is C24H28FN3O4. The number of hydrogen-bond acceptors (Lipinski definition) is 5. The van der Waals surface area contributed by atoms with E-state index in [1.165, 1.54) is 23.1 Å². The number of hydrazone groups is 1. The second-order valence-electron chi connectivity index (χ2n) is 7.94. The lowest BCUT2D eigenvalue weighted by Crippen LogP contribution is -2.40. The van der Waals surface area contributed by atoms with E-state index in [2.05, 4.69) is 5.10 Å². The van der Waals surface area contributed by atoms with Crippen LogP contribution < -0.4 is 9.47 Å². The number of halogens is 1. The molecule has 2 aromatic carbocycles. The molecule has 1 atom stereocenters. The van der Waals surface area contributed by atoms with Gasteiger partial charge in [-0.1, -0.05) is 32.0 Å². The fourth-order valence-corrected chi connectivity index (χ4v) is 3.72. The first kappa shape index (κ1) is 23.2. The zero-order valence-corrected chi connectivity index (χ0v) is 19.0. The Morgan fingerprint density at radius 3 is 2.53 bits per heavy atom. The molecule has 0 N–H and O–H groups in total. The smallest absolute Gasteiger partial charge is 0.262 e. The zero-order valence-electron chi connectivity index (χ0n) is 19.0. The summed E-state index contributed by atoms with van der Waals surface area (Å²) in [6.07, 6.45) is 0.303. The van der Waals surface area contributed by atoms with Gasteiger partial charge in [-0.2, -0.15) is 5.10 Å². The molecule has 7 nitrogen and oxygen atoms in total. The standard InChI is InChI=1S/C24H28FN3O4/c1-15(2)24(30)27(3)14-23(29)28-21(17-8-6-7-9-19(17)25)13-20(26-28)18-11-10-16(31-4)12-22(18)32-5/h6-12,15,21H,13-14H2,1-5H3. The first-order valence-corrected chi connectivity index (χ1v) is 10.4. The molecule has 1 aliphatic rings. The van der Waals surface area contributed by atoms with E-state index in [4.69, 9.17) is 9.47 Å². The van der Waals surface area contributed by atoms with Gasteiger partial charge in [0.05, 0.1) is 26.0 Å². The maximum Gasteiger partial charge on any atom is 0.262 e. The molecule has 0 aliphatic carbocycles. The molecule has 32 heavy (non-hydrogen) atoms. The number of benzene rings is 2. The highest BCUT2D eigenvalue weighted by molar-refractivity contribution is 6.05. The summed E-state index contributed by atoms with van der Waals surface area (Å²) in [6.45, 7) is 3.39. The van der Waals surface area contributed by atoms with Gasteiger partial charge in [0.1, 0.15) is 23.9 Å². The minimum atomic E-state index is -0.631. The Morgan fingerprint density at radius 2 is 1.91 bits per heavy atom. The van der Waals surface area contributed by atoms with Crippen molar-refractivity contribution in [3.8, 4) is 11.5 Å². The summed E-state index contributed by atoms with van der Waals surface area (Å²) >= 11 is 0. The van der Waals surface area contributed by atoms with E-state index in [9.17, 15) is 14.0 Å². The number of ether oxygens (including phenoxy) is 2. The van der Waals surface area contributed by atoms with Crippen LogP contribution in [-0.2, 0) is 9.59 Å². The van der Waals surface area contributed by atoms with Crippen molar-refractivity contribution in [2.24, 2.45) is 11.0 Å². The minimum Gasteiger partial charge on any atom is -0.497 e. The molecule has 2 aromatic rings. The van der Waals surface area contributed by atoms with Crippen LogP contribution in [0.5, 0.6) is 11.5 Å². The number of methoxy groups -OCH3 is 2. The van der Waals surface area contributed by atoms with E-state index in [1.54, 1.807) is 64.4 Å². The molecule has 3 rings (SSSR count). The van der Waals surface area contributed by atoms with E-state index in [-0.39, 0.29) is 18.4 Å². The molecule has 1 heterocycles. The van der Waals surface area contributed by atoms with Gasteiger partial charge < -0.3 is 14.4 Å². The number of amides is 2. The van der Waals surface area contributed by atoms with Crippen LogP contribution in [0.2, 0.25) is 0 Å². The van der Waals surface area contributed by atoms with Gasteiger partial charge in [0.2, 0.25) is 5.91 Å². The third-order valence-corrected chi connectivity index (χ3v) is 5.39. The maximum absolute atomic E-state index is 14.7. The largest absolute Gasteiger partial charge is 0.497 e. The molecule has 0 spiro atoms. The van der Waals surface area contributed by atoms with Crippen LogP contribution in [0.1, 0.15) is 37.4 Å². The molecule has 0 saturated heterocycles. The van der Waals surface area contributed by atoms with Crippen molar-refractivity contribution in [1.29, 1.82) is 0 Å². The number of rotatable bonds is 7. The number of carbonyl (C=O) groups excluding carboxylic acids is 2. The third kappa shape index (κ3) is 4.74. The summed E-state index contributed by atoms with van der Waals surface area (Å²) in [4.78, 5) is 26.8. The quantitative estimate of drug-likeness (QED) is 0.658. The Balaban J connectivity index is 1.98.